The summed E-state index contributed by atoms with van der Waals surface area (Å²) in [4.78, 5) is 12.2. The van der Waals surface area contributed by atoms with Crippen molar-refractivity contribution in [3.05, 3.63) is 35.2 Å². The quantitative estimate of drug-likeness (QED) is 0.734. The van der Waals surface area contributed by atoms with E-state index in [9.17, 15) is 4.79 Å². The fraction of sp³-hybridized carbons (Fsp3) is 0.231. The zero-order valence-electron chi connectivity index (χ0n) is 11.1. The van der Waals surface area contributed by atoms with Crippen molar-refractivity contribution in [3.63, 3.8) is 0 Å². The van der Waals surface area contributed by atoms with E-state index in [4.69, 9.17) is 10.5 Å². The molecule has 0 saturated carbocycles. The number of nitrogen functional groups attached to an aromatic ring is 1. The van der Waals surface area contributed by atoms with Gasteiger partial charge in [0.1, 0.15) is 5.75 Å². The monoisotopic (exact) mass is 260 g/mol. The highest BCUT2D eigenvalue weighted by atomic mass is 16.5. The first-order valence-corrected chi connectivity index (χ1v) is 5.80. The summed E-state index contributed by atoms with van der Waals surface area (Å²) >= 11 is 0. The molecule has 0 spiro atoms. The molecule has 100 valence electrons. The highest BCUT2D eigenvalue weighted by Gasteiger charge is 2.16. The lowest BCUT2D eigenvalue weighted by atomic mass is 10.1. The lowest BCUT2D eigenvalue weighted by molar-refractivity contribution is 0.102. The van der Waals surface area contributed by atoms with Gasteiger partial charge in [-0.1, -0.05) is 6.07 Å². The molecule has 0 radical (unpaired) electrons. The second-order valence-electron chi connectivity index (χ2n) is 4.18. The van der Waals surface area contributed by atoms with Gasteiger partial charge in [0.25, 0.3) is 5.91 Å². The largest absolute Gasteiger partial charge is 0.495 e. The maximum atomic E-state index is 12.2. The average Bonchev–Trinajstić information content (AvgIpc) is 2.70. The highest BCUT2D eigenvalue weighted by Crippen LogP contribution is 2.26. The molecule has 0 fully saturated rings. The number of nitrogens with one attached hydrogen (secondary N) is 2. The van der Waals surface area contributed by atoms with Crippen molar-refractivity contribution in [2.45, 2.75) is 13.8 Å². The lowest BCUT2D eigenvalue weighted by Gasteiger charge is -2.10. The Labute approximate surface area is 111 Å². The first-order chi connectivity index (χ1) is 9.04. The van der Waals surface area contributed by atoms with E-state index in [1.54, 1.807) is 18.2 Å². The molecular weight excluding hydrogens is 244 g/mol. The maximum absolute atomic E-state index is 12.2. The minimum absolute atomic E-state index is 0.288. The topological polar surface area (TPSA) is 93.0 Å². The fourth-order valence-electron chi connectivity index (χ4n) is 1.84. The molecule has 0 aliphatic carbocycles. The van der Waals surface area contributed by atoms with Gasteiger partial charge in [-0.2, -0.15) is 5.10 Å². The number of ether oxygens (including phenoxy) is 1. The molecule has 0 atom stereocenters. The number of nitrogens with zero attached hydrogens (tertiary/aromatic N) is 1. The van der Waals surface area contributed by atoms with Gasteiger partial charge in [-0.3, -0.25) is 9.89 Å². The number of carbonyl (C=O) groups is 1. The van der Waals surface area contributed by atoms with Gasteiger partial charge in [-0.05, 0) is 26.0 Å². The molecule has 1 amide bonds. The van der Waals surface area contributed by atoms with Crippen LogP contribution in [0.1, 0.15) is 21.7 Å². The van der Waals surface area contributed by atoms with E-state index >= 15 is 0 Å². The predicted octanol–water partition coefficient (Wildman–Crippen LogP) is 1.87. The standard InChI is InChI=1S/C13H16N4O2/c1-7-12(8(2)17-16-7)15-13(18)9-5-4-6-10(19-3)11(9)14/h4-6H,14H2,1-3H3,(H,15,18)(H,16,17). The van der Waals surface area contributed by atoms with Gasteiger partial charge in [-0.25, -0.2) is 0 Å². The van der Waals surface area contributed by atoms with Crippen LogP contribution in [0.4, 0.5) is 11.4 Å². The van der Waals surface area contributed by atoms with Crippen LogP contribution in [0.25, 0.3) is 0 Å². The van der Waals surface area contributed by atoms with Crippen molar-refractivity contribution < 1.29 is 9.53 Å². The van der Waals surface area contributed by atoms with E-state index in [1.165, 1.54) is 7.11 Å². The number of H-pyrrole nitrogens is 1. The SMILES string of the molecule is COc1cccc(C(=O)Nc2c(C)n[nH]c2C)c1N. The Morgan fingerprint density at radius 1 is 1.42 bits per heavy atom. The number of para-hydroxylation sites is 1. The maximum Gasteiger partial charge on any atom is 0.257 e. The molecule has 2 aromatic rings. The molecule has 19 heavy (non-hydrogen) atoms. The summed E-state index contributed by atoms with van der Waals surface area (Å²) in [6.45, 7) is 3.65. The first-order valence-electron chi connectivity index (χ1n) is 5.80. The summed E-state index contributed by atoms with van der Waals surface area (Å²) in [5.74, 6) is 0.192. The number of hydrogen-bond donors (Lipinski definition) is 3. The summed E-state index contributed by atoms with van der Waals surface area (Å²) in [6.07, 6.45) is 0. The zero-order chi connectivity index (χ0) is 14.0. The first kappa shape index (κ1) is 12.9. The van der Waals surface area contributed by atoms with Crippen LogP contribution >= 0.6 is 0 Å². The van der Waals surface area contributed by atoms with Crippen molar-refractivity contribution in [3.8, 4) is 5.75 Å². The number of nitrogens with two attached hydrogens (primary N) is 1. The van der Waals surface area contributed by atoms with Crippen LogP contribution in [0.3, 0.4) is 0 Å². The van der Waals surface area contributed by atoms with E-state index in [0.29, 0.717) is 22.7 Å². The molecule has 2 rings (SSSR count). The number of aromatic nitrogens is 2. The minimum Gasteiger partial charge on any atom is -0.495 e. The highest BCUT2D eigenvalue weighted by molar-refractivity contribution is 6.08. The van der Waals surface area contributed by atoms with Crippen LogP contribution in [-0.4, -0.2) is 23.2 Å². The third-order valence-corrected chi connectivity index (χ3v) is 2.90. The Morgan fingerprint density at radius 3 is 2.74 bits per heavy atom. The molecule has 0 aliphatic heterocycles. The van der Waals surface area contributed by atoms with Crippen LogP contribution in [0, 0.1) is 13.8 Å². The fourth-order valence-corrected chi connectivity index (χ4v) is 1.84. The summed E-state index contributed by atoms with van der Waals surface area (Å²) < 4.78 is 5.09. The minimum atomic E-state index is -0.288. The lowest BCUT2D eigenvalue weighted by Crippen LogP contribution is -2.15. The van der Waals surface area contributed by atoms with Gasteiger partial charge in [0.15, 0.2) is 0 Å². The number of methoxy groups -OCH3 is 1. The second kappa shape index (κ2) is 5.01. The van der Waals surface area contributed by atoms with E-state index in [0.717, 1.165) is 11.4 Å². The molecule has 0 saturated heterocycles. The number of anilines is 2. The smallest absolute Gasteiger partial charge is 0.257 e. The predicted molar refractivity (Wildman–Crippen MR) is 73.4 cm³/mol. The van der Waals surface area contributed by atoms with Gasteiger partial charge >= 0.3 is 0 Å². The molecule has 0 bridgehead atoms. The Morgan fingerprint density at radius 2 is 2.16 bits per heavy atom. The van der Waals surface area contributed by atoms with Crippen molar-refractivity contribution in [2.75, 3.05) is 18.2 Å². The van der Waals surface area contributed by atoms with Crippen LogP contribution in [0.2, 0.25) is 0 Å². The molecular formula is C13H16N4O2. The van der Waals surface area contributed by atoms with Gasteiger partial charge in [0, 0.05) is 0 Å². The van der Waals surface area contributed by atoms with Crippen LogP contribution < -0.4 is 15.8 Å². The normalized spacial score (nSPS) is 10.3. The zero-order valence-corrected chi connectivity index (χ0v) is 11.1. The third kappa shape index (κ3) is 2.37. The molecule has 6 heteroatoms. The molecule has 6 nitrogen and oxygen atoms in total. The summed E-state index contributed by atoms with van der Waals surface area (Å²) in [7, 11) is 1.51. The van der Waals surface area contributed by atoms with Crippen LogP contribution in [-0.2, 0) is 0 Å². The van der Waals surface area contributed by atoms with E-state index in [2.05, 4.69) is 15.5 Å². The number of carbonyl (C=O) groups excluding carboxylic acids is 1. The van der Waals surface area contributed by atoms with E-state index < -0.39 is 0 Å². The Bertz CT molecular complexity index is 600. The van der Waals surface area contributed by atoms with Crippen molar-refractivity contribution in [1.29, 1.82) is 0 Å². The van der Waals surface area contributed by atoms with Crippen LogP contribution in [0.5, 0.6) is 5.75 Å². The van der Waals surface area contributed by atoms with Gasteiger partial charge < -0.3 is 15.8 Å². The number of aryl methyl sites for hydroxylation is 2. The van der Waals surface area contributed by atoms with Crippen molar-refractivity contribution in [1.82, 2.24) is 10.2 Å². The Hall–Kier alpha value is -2.50. The Kier molecular flexibility index (Phi) is 3.41. The van der Waals surface area contributed by atoms with Crippen molar-refractivity contribution >= 4 is 17.3 Å². The number of aromatic amines is 1. The van der Waals surface area contributed by atoms with E-state index in [-0.39, 0.29) is 5.91 Å². The van der Waals surface area contributed by atoms with E-state index in [1.807, 2.05) is 13.8 Å². The molecule has 0 aliphatic rings. The molecule has 1 aromatic carbocycles. The van der Waals surface area contributed by atoms with Gasteiger partial charge in [0.2, 0.25) is 0 Å². The summed E-state index contributed by atoms with van der Waals surface area (Å²) in [6, 6.07) is 5.08. The van der Waals surface area contributed by atoms with Crippen LogP contribution in [0.15, 0.2) is 18.2 Å². The molecule has 1 aromatic heterocycles. The number of benzene rings is 1. The molecule has 1 heterocycles. The summed E-state index contributed by atoms with van der Waals surface area (Å²) in [5.41, 5.74) is 8.79. The van der Waals surface area contributed by atoms with Crippen molar-refractivity contribution in [2.24, 2.45) is 0 Å². The summed E-state index contributed by atoms with van der Waals surface area (Å²) in [5, 5.41) is 9.63. The number of rotatable bonds is 3. The Balaban J connectivity index is 2.31. The second-order valence-corrected chi connectivity index (χ2v) is 4.18. The molecule has 0 unspecified atom stereocenters. The number of hydrogen-bond acceptors (Lipinski definition) is 4. The molecule has 4 N–H and O–H groups in total. The number of amides is 1. The van der Waals surface area contributed by atoms with Gasteiger partial charge in [-0.15, -0.1) is 0 Å². The van der Waals surface area contributed by atoms with Gasteiger partial charge in [0.05, 0.1) is 35.4 Å². The third-order valence-electron chi connectivity index (χ3n) is 2.90. The average molecular weight is 260 g/mol.